The van der Waals surface area contributed by atoms with Crippen molar-refractivity contribution in [1.29, 1.82) is 0 Å². The van der Waals surface area contributed by atoms with E-state index >= 15 is 0 Å². The van der Waals surface area contributed by atoms with Crippen molar-refractivity contribution in [2.45, 2.75) is 38.1 Å². The maximum atomic E-state index is 14.3. The maximum Gasteiger partial charge on any atom is 0.337 e. The molecule has 0 spiro atoms. The molecule has 2 aliphatic rings. The fourth-order valence-corrected chi connectivity index (χ4v) is 6.30. The molecule has 0 radical (unpaired) electrons. The lowest BCUT2D eigenvalue weighted by atomic mass is 9.83. The predicted molar refractivity (Wildman–Crippen MR) is 157 cm³/mol. The number of hydrogen-bond donors (Lipinski definition) is 1. The molecule has 1 aliphatic carbocycles. The lowest BCUT2D eigenvalue weighted by molar-refractivity contribution is -0.121. The minimum atomic E-state index is -0.629. The second-order valence-electron chi connectivity index (χ2n) is 11.2. The van der Waals surface area contributed by atoms with Crippen molar-refractivity contribution >= 4 is 16.8 Å². The molecule has 0 unspecified atom stereocenters. The zero-order valence-corrected chi connectivity index (χ0v) is 23.0. The van der Waals surface area contributed by atoms with E-state index in [0.29, 0.717) is 31.5 Å². The molecule has 41 heavy (non-hydrogen) atoms. The van der Waals surface area contributed by atoms with Gasteiger partial charge in [-0.1, -0.05) is 42.5 Å². The van der Waals surface area contributed by atoms with Gasteiger partial charge in [0.15, 0.2) is 5.65 Å². The van der Waals surface area contributed by atoms with Crippen LogP contribution in [0.1, 0.15) is 38.1 Å². The number of carbonyl (C=O) groups is 1. The second-order valence-corrected chi connectivity index (χ2v) is 11.2. The molecule has 8 nitrogen and oxygen atoms in total. The summed E-state index contributed by atoms with van der Waals surface area (Å²) in [6, 6.07) is 18.2. The van der Waals surface area contributed by atoms with Crippen molar-refractivity contribution in [3.63, 3.8) is 0 Å². The van der Waals surface area contributed by atoms with E-state index in [0.717, 1.165) is 56.3 Å². The number of piperazine rings is 1. The highest BCUT2D eigenvalue weighted by molar-refractivity contribution is 5.80. The van der Waals surface area contributed by atoms with Crippen LogP contribution in [0.2, 0.25) is 0 Å². The lowest BCUT2D eigenvalue weighted by Gasteiger charge is -2.31. The van der Waals surface area contributed by atoms with Crippen LogP contribution < -0.4 is 16.6 Å². The number of carbonyl (C=O) groups excluding carboxylic acids is 1. The van der Waals surface area contributed by atoms with Crippen molar-refractivity contribution in [2.24, 2.45) is 5.92 Å². The number of Topliss-reactive ketones (excluding diaryl/α,β-unsaturated/α-hetero) is 1. The molecule has 3 heterocycles. The zero-order valence-electron chi connectivity index (χ0n) is 23.0. The molecule has 1 N–H and O–H groups in total. The van der Waals surface area contributed by atoms with E-state index in [2.05, 4.69) is 15.2 Å². The average molecular weight is 556 g/mol. The Hall–Kier alpha value is -3.95. The summed E-state index contributed by atoms with van der Waals surface area (Å²) in [4.78, 5) is 46.8. The molecular formula is C32H34FN5O3. The quantitative estimate of drug-likeness (QED) is 0.372. The smallest absolute Gasteiger partial charge is 0.314 e. The summed E-state index contributed by atoms with van der Waals surface area (Å²) in [6.45, 7) is 4.08. The van der Waals surface area contributed by atoms with Crippen molar-refractivity contribution in [3.8, 4) is 16.8 Å². The number of pyridine rings is 1. The van der Waals surface area contributed by atoms with Gasteiger partial charge in [-0.15, -0.1) is 0 Å². The number of nitrogens with zero attached hydrogens (tertiary/aromatic N) is 4. The van der Waals surface area contributed by atoms with Crippen LogP contribution in [0.15, 0.2) is 76.4 Å². The largest absolute Gasteiger partial charge is 0.337 e. The summed E-state index contributed by atoms with van der Waals surface area (Å²) in [7, 11) is 0. The minimum Gasteiger partial charge on any atom is -0.314 e. The summed E-state index contributed by atoms with van der Waals surface area (Å²) < 4.78 is 17.0. The fourth-order valence-electron chi connectivity index (χ4n) is 6.30. The van der Waals surface area contributed by atoms with Crippen LogP contribution in [0.4, 0.5) is 4.39 Å². The number of halogens is 1. The summed E-state index contributed by atoms with van der Waals surface area (Å²) in [5.41, 5.74) is 1.59. The first kappa shape index (κ1) is 27.2. The van der Waals surface area contributed by atoms with Gasteiger partial charge in [0.2, 0.25) is 0 Å². The van der Waals surface area contributed by atoms with E-state index in [1.54, 1.807) is 6.07 Å². The monoisotopic (exact) mass is 555 g/mol. The molecule has 2 aromatic heterocycles. The Kier molecular flexibility index (Phi) is 7.89. The van der Waals surface area contributed by atoms with E-state index in [1.807, 2.05) is 48.5 Å². The molecule has 6 rings (SSSR count). The molecule has 0 bridgehead atoms. The molecule has 0 atom stereocenters. The Morgan fingerprint density at radius 3 is 2.41 bits per heavy atom. The van der Waals surface area contributed by atoms with Crippen LogP contribution in [0.25, 0.3) is 27.8 Å². The van der Waals surface area contributed by atoms with E-state index in [1.165, 1.54) is 15.2 Å². The van der Waals surface area contributed by atoms with Crippen molar-refractivity contribution in [3.05, 3.63) is 93.5 Å². The van der Waals surface area contributed by atoms with Gasteiger partial charge < -0.3 is 5.32 Å². The van der Waals surface area contributed by atoms with Crippen LogP contribution in [0, 0.1) is 11.7 Å². The molecule has 2 fully saturated rings. The van der Waals surface area contributed by atoms with Gasteiger partial charge in [0.1, 0.15) is 11.6 Å². The van der Waals surface area contributed by atoms with Crippen LogP contribution in [-0.4, -0.2) is 57.5 Å². The average Bonchev–Trinajstić information content (AvgIpc) is 2.99. The van der Waals surface area contributed by atoms with Gasteiger partial charge in [-0.05, 0) is 60.9 Å². The van der Waals surface area contributed by atoms with E-state index in [9.17, 15) is 18.8 Å². The molecule has 212 valence electrons. The first-order valence-corrected chi connectivity index (χ1v) is 14.4. The molecule has 2 aromatic carbocycles. The number of fused-ring (bicyclic) bond motifs is 1. The Bertz CT molecular complexity index is 1670. The van der Waals surface area contributed by atoms with E-state index in [4.69, 9.17) is 0 Å². The van der Waals surface area contributed by atoms with Gasteiger partial charge in [-0.2, -0.15) is 0 Å². The highest BCUT2D eigenvalue weighted by Crippen LogP contribution is 2.33. The van der Waals surface area contributed by atoms with Crippen LogP contribution in [0.3, 0.4) is 0 Å². The van der Waals surface area contributed by atoms with Crippen molar-refractivity contribution in [2.75, 3.05) is 32.7 Å². The van der Waals surface area contributed by atoms with Crippen molar-refractivity contribution < 1.29 is 9.18 Å². The van der Waals surface area contributed by atoms with Gasteiger partial charge >= 0.3 is 5.69 Å². The Labute approximate surface area is 237 Å². The van der Waals surface area contributed by atoms with E-state index in [-0.39, 0.29) is 28.8 Å². The molecule has 9 heteroatoms. The topological polar surface area (TPSA) is 89.2 Å². The number of rotatable bonds is 7. The number of nitrogens with one attached hydrogen (secondary N) is 1. The van der Waals surface area contributed by atoms with Crippen LogP contribution in [-0.2, 0) is 4.79 Å². The molecule has 4 aromatic rings. The van der Waals surface area contributed by atoms with Crippen molar-refractivity contribution in [1.82, 2.24) is 24.3 Å². The summed E-state index contributed by atoms with van der Waals surface area (Å²) >= 11 is 0. The lowest BCUT2D eigenvalue weighted by Crippen LogP contribution is -2.45. The highest BCUT2D eigenvalue weighted by atomic mass is 19.1. The van der Waals surface area contributed by atoms with Gasteiger partial charge in [-0.25, -0.2) is 18.7 Å². The third-order valence-electron chi connectivity index (χ3n) is 8.41. The summed E-state index contributed by atoms with van der Waals surface area (Å²) in [6.07, 6.45) is 4.29. The third kappa shape index (κ3) is 5.78. The molecule has 1 saturated heterocycles. The first-order chi connectivity index (χ1) is 20.0. The van der Waals surface area contributed by atoms with Gasteiger partial charge in [0.25, 0.3) is 5.56 Å². The number of hydrogen-bond acceptors (Lipinski definition) is 6. The number of ketones is 1. The van der Waals surface area contributed by atoms with Gasteiger partial charge in [0.05, 0.1) is 23.8 Å². The number of benzene rings is 2. The normalized spacial score (nSPS) is 19.8. The zero-order chi connectivity index (χ0) is 28.3. The van der Waals surface area contributed by atoms with Crippen LogP contribution in [0.5, 0.6) is 0 Å². The highest BCUT2D eigenvalue weighted by Gasteiger charge is 2.28. The fraction of sp³-hybridized carbons (Fsp3) is 0.375. The molecular weight excluding hydrogens is 521 g/mol. The molecule has 1 saturated carbocycles. The maximum absolute atomic E-state index is 14.3. The third-order valence-corrected chi connectivity index (χ3v) is 8.41. The van der Waals surface area contributed by atoms with Gasteiger partial charge in [0, 0.05) is 38.6 Å². The summed E-state index contributed by atoms with van der Waals surface area (Å²) in [5.74, 6) is -0.141. The Morgan fingerprint density at radius 1 is 0.927 bits per heavy atom. The Morgan fingerprint density at radius 2 is 1.66 bits per heavy atom. The first-order valence-electron chi connectivity index (χ1n) is 14.4. The second kappa shape index (κ2) is 11.9. The standard InChI is InChI=1S/C32H34FN5O3/c33-25-19-29-30(35-20-25)37(27-8-4-7-24(18-27)23-5-2-1-3-6-23)32(41)38(31(29)40)26-11-9-22(10-12-26)17-28(39)21-36-15-13-34-14-16-36/h1-8,18-20,22,26,34H,9-17,21H2. The minimum absolute atomic E-state index is 0.0723. The number of aromatic nitrogens is 3. The van der Waals surface area contributed by atoms with Crippen LogP contribution >= 0.6 is 0 Å². The molecule has 1 aliphatic heterocycles. The predicted octanol–water partition coefficient (Wildman–Crippen LogP) is 3.95. The SMILES string of the molecule is O=C(CC1CCC(n2c(=O)c3cc(F)cnc3n(-c3cccc(-c4ccccc4)c3)c2=O)CC1)CN1CCNCC1. The molecule has 0 amide bonds. The van der Waals surface area contributed by atoms with E-state index < -0.39 is 17.1 Å². The van der Waals surface area contributed by atoms with Gasteiger partial charge in [-0.3, -0.25) is 19.1 Å². The summed E-state index contributed by atoms with van der Waals surface area (Å²) in [5, 5.41) is 3.38. The Balaban J connectivity index is 1.30.